The lowest BCUT2D eigenvalue weighted by atomic mass is 10.5. The molecule has 15 heavy (non-hydrogen) atoms. The van der Waals surface area contributed by atoms with Gasteiger partial charge in [0.2, 0.25) is 0 Å². The number of thiophene rings is 1. The largest absolute Gasteiger partial charge is 0.284 e. The molecular weight excluding hydrogens is 234 g/mol. The van der Waals surface area contributed by atoms with Crippen LogP contribution in [-0.4, -0.2) is 18.6 Å². The van der Waals surface area contributed by atoms with Crippen molar-refractivity contribution in [2.75, 3.05) is 4.72 Å². The zero-order valence-corrected chi connectivity index (χ0v) is 9.52. The summed E-state index contributed by atoms with van der Waals surface area (Å²) in [5.74, 6) is 0. The summed E-state index contributed by atoms with van der Waals surface area (Å²) in [5, 5.41) is 6.19. The van der Waals surface area contributed by atoms with Crippen LogP contribution in [-0.2, 0) is 10.0 Å². The molecule has 0 saturated carbocycles. The Bertz CT molecular complexity index is 542. The van der Waals surface area contributed by atoms with Crippen molar-refractivity contribution in [1.29, 1.82) is 0 Å². The fourth-order valence-corrected chi connectivity index (χ4v) is 3.39. The van der Waals surface area contributed by atoms with E-state index in [1.165, 1.54) is 23.7 Å². The first-order valence-electron chi connectivity index (χ1n) is 4.16. The second-order valence-electron chi connectivity index (χ2n) is 2.96. The highest BCUT2D eigenvalue weighted by atomic mass is 32.2. The SMILES string of the molecule is Cc1ccc(S(=O)(=O)Nc2cn[nH]c2)s1. The van der Waals surface area contributed by atoms with Crippen molar-refractivity contribution in [2.45, 2.75) is 11.1 Å². The van der Waals surface area contributed by atoms with Gasteiger partial charge in [0, 0.05) is 11.1 Å². The van der Waals surface area contributed by atoms with Crippen LogP contribution >= 0.6 is 11.3 Å². The summed E-state index contributed by atoms with van der Waals surface area (Å²) in [5.41, 5.74) is 0.432. The van der Waals surface area contributed by atoms with E-state index in [-0.39, 0.29) is 0 Å². The number of aromatic nitrogens is 2. The Kier molecular flexibility index (Phi) is 2.49. The smallest absolute Gasteiger partial charge is 0.271 e. The third kappa shape index (κ3) is 2.18. The third-order valence-corrected chi connectivity index (χ3v) is 4.60. The highest BCUT2D eigenvalue weighted by Gasteiger charge is 2.16. The molecule has 0 bridgehead atoms. The van der Waals surface area contributed by atoms with Gasteiger partial charge in [-0.2, -0.15) is 5.10 Å². The van der Waals surface area contributed by atoms with Gasteiger partial charge in [-0.15, -0.1) is 11.3 Å². The third-order valence-electron chi connectivity index (χ3n) is 1.73. The van der Waals surface area contributed by atoms with Gasteiger partial charge in [0.05, 0.1) is 11.9 Å². The number of aromatic amines is 1. The van der Waals surface area contributed by atoms with Crippen molar-refractivity contribution in [2.24, 2.45) is 0 Å². The van der Waals surface area contributed by atoms with Crippen LogP contribution in [0.15, 0.2) is 28.7 Å². The second kappa shape index (κ2) is 3.67. The van der Waals surface area contributed by atoms with E-state index in [0.29, 0.717) is 9.90 Å². The molecule has 2 rings (SSSR count). The summed E-state index contributed by atoms with van der Waals surface area (Å²) in [6.07, 6.45) is 2.90. The molecule has 0 unspecified atom stereocenters. The monoisotopic (exact) mass is 243 g/mol. The molecule has 0 fully saturated rings. The summed E-state index contributed by atoms with van der Waals surface area (Å²) in [7, 11) is -3.45. The van der Waals surface area contributed by atoms with Crippen LogP contribution in [0.2, 0.25) is 0 Å². The first kappa shape index (κ1) is 10.2. The summed E-state index contributed by atoms with van der Waals surface area (Å²) in [4.78, 5) is 0.961. The van der Waals surface area contributed by atoms with Crippen molar-refractivity contribution >= 4 is 27.0 Å². The number of nitrogens with one attached hydrogen (secondary N) is 2. The van der Waals surface area contributed by atoms with Gasteiger partial charge >= 0.3 is 0 Å². The average Bonchev–Trinajstić information content (AvgIpc) is 2.75. The molecule has 0 aliphatic carbocycles. The van der Waals surface area contributed by atoms with Gasteiger partial charge in [-0.3, -0.25) is 9.82 Å². The first-order chi connectivity index (χ1) is 7.08. The van der Waals surface area contributed by atoms with Crippen LogP contribution in [0.1, 0.15) is 4.88 Å². The molecule has 0 aliphatic rings. The molecule has 2 N–H and O–H groups in total. The topological polar surface area (TPSA) is 74.8 Å². The molecule has 0 radical (unpaired) electrons. The van der Waals surface area contributed by atoms with Crippen molar-refractivity contribution in [3.63, 3.8) is 0 Å². The maximum Gasteiger partial charge on any atom is 0.271 e. The Morgan fingerprint density at radius 3 is 2.80 bits per heavy atom. The van der Waals surface area contributed by atoms with Gasteiger partial charge in [0.1, 0.15) is 4.21 Å². The van der Waals surface area contributed by atoms with Gasteiger partial charge < -0.3 is 0 Å². The number of H-pyrrole nitrogens is 1. The minimum atomic E-state index is -3.45. The van der Waals surface area contributed by atoms with Gasteiger partial charge in [0.15, 0.2) is 0 Å². The van der Waals surface area contributed by atoms with Crippen molar-refractivity contribution in [1.82, 2.24) is 10.2 Å². The number of hydrogen-bond donors (Lipinski definition) is 2. The molecule has 2 aromatic rings. The number of rotatable bonds is 3. The van der Waals surface area contributed by atoms with E-state index in [1.807, 2.05) is 6.92 Å². The van der Waals surface area contributed by atoms with E-state index >= 15 is 0 Å². The number of aryl methyl sites for hydroxylation is 1. The van der Waals surface area contributed by atoms with Gasteiger partial charge in [-0.05, 0) is 19.1 Å². The molecule has 0 aromatic carbocycles. The van der Waals surface area contributed by atoms with Gasteiger partial charge in [-0.1, -0.05) is 0 Å². The summed E-state index contributed by atoms with van der Waals surface area (Å²) in [6.45, 7) is 1.86. The Morgan fingerprint density at radius 1 is 1.47 bits per heavy atom. The number of nitrogens with zero attached hydrogens (tertiary/aromatic N) is 1. The minimum absolute atomic E-state index is 0.307. The standard InChI is InChI=1S/C8H9N3O2S2/c1-6-2-3-8(14-6)15(12,13)11-7-4-9-10-5-7/h2-5,11H,1H3,(H,9,10). The number of sulfonamides is 1. The molecule has 2 aromatic heterocycles. The molecule has 0 saturated heterocycles. The van der Waals surface area contributed by atoms with E-state index in [9.17, 15) is 8.42 Å². The molecule has 2 heterocycles. The number of anilines is 1. The molecule has 7 heteroatoms. The minimum Gasteiger partial charge on any atom is -0.284 e. The Hall–Kier alpha value is -1.34. The highest BCUT2D eigenvalue weighted by molar-refractivity contribution is 7.94. The molecule has 0 aliphatic heterocycles. The molecule has 0 amide bonds. The van der Waals surface area contributed by atoms with Crippen LogP contribution in [0.5, 0.6) is 0 Å². The molecule has 5 nitrogen and oxygen atoms in total. The van der Waals surface area contributed by atoms with Crippen LogP contribution in [0.3, 0.4) is 0 Å². The van der Waals surface area contributed by atoms with Gasteiger partial charge in [-0.25, -0.2) is 8.42 Å². The number of hydrogen-bond acceptors (Lipinski definition) is 4. The molecule has 0 spiro atoms. The normalized spacial score (nSPS) is 11.5. The molecule has 0 atom stereocenters. The zero-order valence-electron chi connectivity index (χ0n) is 7.89. The highest BCUT2D eigenvalue weighted by Crippen LogP contribution is 2.22. The summed E-state index contributed by atoms with van der Waals surface area (Å²) >= 11 is 1.24. The maximum absolute atomic E-state index is 11.8. The summed E-state index contributed by atoms with van der Waals surface area (Å²) < 4.78 is 26.3. The Labute approximate surface area is 91.2 Å². The van der Waals surface area contributed by atoms with Crippen LogP contribution < -0.4 is 4.72 Å². The fourth-order valence-electron chi connectivity index (χ4n) is 1.07. The first-order valence-corrected chi connectivity index (χ1v) is 6.46. The van der Waals surface area contributed by atoms with E-state index in [4.69, 9.17) is 0 Å². The van der Waals surface area contributed by atoms with E-state index in [2.05, 4.69) is 14.9 Å². The van der Waals surface area contributed by atoms with Crippen LogP contribution in [0.25, 0.3) is 0 Å². The van der Waals surface area contributed by atoms with E-state index in [0.717, 1.165) is 4.88 Å². The van der Waals surface area contributed by atoms with Crippen LogP contribution in [0.4, 0.5) is 5.69 Å². The predicted octanol–water partition coefficient (Wildman–Crippen LogP) is 1.58. The van der Waals surface area contributed by atoms with E-state index in [1.54, 1.807) is 12.1 Å². The lowest BCUT2D eigenvalue weighted by molar-refractivity contribution is 0.603. The second-order valence-corrected chi connectivity index (χ2v) is 6.15. The molecule has 80 valence electrons. The predicted molar refractivity (Wildman–Crippen MR) is 58.5 cm³/mol. The lowest BCUT2D eigenvalue weighted by Crippen LogP contribution is -2.10. The average molecular weight is 243 g/mol. The Morgan fingerprint density at radius 2 is 2.27 bits per heavy atom. The fraction of sp³-hybridized carbons (Fsp3) is 0.125. The zero-order chi connectivity index (χ0) is 10.9. The lowest BCUT2D eigenvalue weighted by Gasteiger charge is -2.01. The Balaban J connectivity index is 2.28. The van der Waals surface area contributed by atoms with E-state index < -0.39 is 10.0 Å². The quantitative estimate of drug-likeness (QED) is 0.859. The summed E-state index contributed by atoms with van der Waals surface area (Å²) in [6, 6.07) is 3.36. The van der Waals surface area contributed by atoms with Crippen molar-refractivity contribution in [3.05, 3.63) is 29.4 Å². The molecular formula is C8H9N3O2S2. The van der Waals surface area contributed by atoms with Crippen LogP contribution in [0, 0.1) is 6.92 Å². The van der Waals surface area contributed by atoms with Crippen molar-refractivity contribution in [3.8, 4) is 0 Å². The van der Waals surface area contributed by atoms with Gasteiger partial charge in [0.25, 0.3) is 10.0 Å². The maximum atomic E-state index is 11.8. The van der Waals surface area contributed by atoms with Crippen molar-refractivity contribution < 1.29 is 8.42 Å².